The highest BCUT2D eigenvalue weighted by molar-refractivity contribution is 6.30. The van der Waals surface area contributed by atoms with E-state index in [1.165, 1.54) is 11.0 Å². The van der Waals surface area contributed by atoms with Crippen molar-refractivity contribution in [3.05, 3.63) is 68.9 Å². The number of benzene rings is 1. The molecule has 0 saturated heterocycles. The number of aromatic amines is 1. The molecule has 0 fully saturated rings. The average Bonchev–Trinajstić information content (AvgIpc) is 3.31. The molecule has 28 heavy (non-hydrogen) atoms. The lowest BCUT2D eigenvalue weighted by Crippen LogP contribution is -2.13. The summed E-state index contributed by atoms with van der Waals surface area (Å²) in [5.74, 6) is 1.04. The number of aromatic nitrogens is 6. The minimum Gasteiger partial charge on any atom is -0.339 e. The van der Waals surface area contributed by atoms with E-state index in [1.54, 1.807) is 0 Å². The van der Waals surface area contributed by atoms with Gasteiger partial charge in [0.05, 0.1) is 12.9 Å². The van der Waals surface area contributed by atoms with Gasteiger partial charge in [0.15, 0.2) is 17.0 Å². The van der Waals surface area contributed by atoms with E-state index >= 15 is 0 Å². The van der Waals surface area contributed by atoms with Crippen LogP contribution in [0.1, 0.15) is 23.0 Å². The molecule has 0 aliphatic heterocycles. The predicted octanol–water partition coefficient (Wildman–Crippen LogP) is 2.06. The van der Waals surface area contributed by atoms with E-state index < -0.39 is 0 Å². The minimum absolute atomic E-state index is 0.107. The fourth-order valence-corrected chi connectivity index (χ4v) is 2.99. The summed E-state index contributed by atoms with van der Waals surface area (Å²) in [6.45, 7) is 0.311. The molecule has 0 bridgehead atoms. The maximum Gasteiger partial charge on any atom is 0.276 e. The van der Waals surface area contributed by atoms with E-state index in [4.69, 9.17) is 16.1 Å². The summed E-state index contributed by atoms with van der Waals surface area (Å²) in [4.78, 5) is 23.0. The molecular weight excluding hydrogens is 382 g/mol. The van der Waals surface area contributed by atoms with Crippen LogP contribution in [0, 0.1) is 11.3 Å². The van der Waals surface area contributed by atoms with Crippen molar-refractivity contribution in [3.8, 4) is 6.07 Å². The molecule has 0 spiro atoms. The van der Waals surface area contributed by atoms with Crippen molar-refractivity contribution in [1.29, 1.82) is 5.26 Å². The van der Waals surface area contributed by atoms with Crippen molar-refractivity contribution in [2.24, 2.45) is 0 Å². The Morgan fingerprint density at radius 2 is 2.04 bits per heavy atom. The van der Waals surface area contributed by atoms with Gasteiger partial charge in [0, 0.05) is 17.9 Å². The van der Waals surface area contributed by atoms with Gasteiger partial charge in [-0.05, 0) is 24.1 Å². The molecule has 0 unspecified atom stereocenters. The zero-order valence-electron chi connectivity index (χ0n) is 14.6. The van der Waals surface area contributed by atoms with Gasteiger partial charge in [-0.2, -0.15) is 15.3 Å². The molecular formula is C18H14ClN7O2. The highest BCUT2D eigenvalue weighted by Crippen LogP contribution is 2.13. The number of halogens is 1. The maximum absolute atomic E-state index is 12.1. The monoisotopic (exact) mass is 395 g/mol. The Morgan fingerprint density at radius 3 is 2.82 bits per heavy atom. The highest BCUT2D eigenvalue weighted by Gasteiger charge is 2.15. The highest BCUT2D eigenvalue weighted by atomic mass is 35.5. The maximum atomic E-state index is 12.1. The number of H-pyrrole nitrogens is 1. The summed E-state index contributed by atoms with van der Waals surface area (Å²) in [5, 5.41) is 18.0. The second kappa shape index (κ2) is 7.62. The molecule has 0 aliphatic rings. The van der Waals surface area contributed by atoms with Crippen LogP contribution in [0.3, 0.4) is 0 Å². The number of rotatable bonds is 6. The van der Waals surface area contributed by atoms with Crippen LogP contribution < -0.4 is 5.56 Å². The molecule has 3 aromatic heterocycles. The topological polar surface area (TPSA) is 126 Å². The van der Waals surface area contributed by atoms with Gasteiger partial charge in [-0.15, -0.1) is 0 Å². The van der Waals surface area contributed by atoms with Gasteiger partial charge in [0.25, 0.3) is 5.56 Å². The molecule has 4 rings (SSSR count). The van der Waals surface area contributed by atoms with E-state index in [-0.39, 0.29) is 22.3 Å². The Bertz CT molecular complexity index is 1220. The standard InChI is InChI=1S/C18H14ClN7O2/c19-12-4-1-11(2-5-12)3-6-14-23-15(28-25-14)7-8-26-17-16(13(9-20)24-26)21-10-22-18(17)27/h1-2,4-5,10H,3,6-8H2,(H,21,22,27). The SMILES string of the molecule is N#Cc1nn(CCc2nc(CCc3ccc(Cl)cc3)no2)c2c(=O)[nH]cnc12. The van der Waals surface area contributed by atoms with Gasteiger partial charge in [-0.25, -0.2) is 4.98 Å². The van der Waals surface area contributed by atoms with Crippen LogP contribution in [0.2, 0.25) is 5.02 Å². The molecule has 0 saturated carbocycles. The number of fused-ring (bicyclic) bond motifs is 1. The molecule has 1 aromatic carbocycles. The van der Waals surface area contributed by atoms with Crippen LogP contribution in [-0.4, -0.2) is 29.9 Å². The number of nitrogens with zero attached hydrogens (tertiary/aromatic N) is 6. The summed E-state index contributed by atoms with van der Waals surface area (Å²) in [7, 11) is 0. The van der Waals surface area contributed by atoms with Crippen LogP contribution in [0.5, 0.6) is 0 Å². The Hall–Kier alpha value is -3.51. The first kappa shape index (κ1) is 17.9. The molecule has 4 aromatic rings. The van der Waals surface area contributed by atoms with Gasteiger partial charge in [0.1, 0.15) is 11.6 Å². The minimum atomic E-state index is -0.354. The van der Waals surface area contributed by atoms with Gasteiger partial charge in [0.2, 0.25) is 5.89 Å². The first-order chi connectivity index (χ1) is 13.6. The quantitative estimate of drug-likeness (QED) is 0.529. The van der Waals surface area contributed by atoms with E-state index in [9.17, 15) is 10.1 Å². The van der Waals surface area contributed by atoms with Gasteiger partial charge in [-0.1, -0.05) is 28.9 Å². The van der Waals surface area contributed by atoms with Crippen molar-refractivity contribution < 1.29 is 4.52 Å². The lowest BCUT2D eigenvalue weighted by Gasteiger charge is -1.99. The van der Waals surface area contributed by atoms with Crippen molar-refractivity contribution in [2.45, 2.75) is 25.8 Å². The van der Waals surface area contributed by atoms with Crippen LogP contribution in [-0.2, 0) is 25.8 Å². The van der Waals surface area contributed by atoms with E-state index in [1.807, 2.05) is 30.3 Å². The molecule has 3 heterocycles. The first-order valence-electron chi connectivity index (χ1n) is 8.54. The average molecular weight is 396 g/mol. The molecule has 10 heteroatoms. The molecule has 0 amide bonds. The zero-order chi connectivity index (χ0) is 19.5. The zero-order valence-corrected chi connectivity index (χ0v) is 15.3. The van der Waals surface area contributed by atoms with E-state index in [2.05, 4.69) is 25.2 Å². The third kappa shape index (κ3) is 3.63. The number of hydrogen-bond donors (Lipinski definition) is 1. The molecule has 0 atom stereocenters. The van der Waals surface area contributed by atoms with Crippen molar-refractivity contribution >= 4 is 22.6 Å². The summed E-state index contributed by atoms with van der Waals surface area (Å²) in [6, 6.07) is 9.57. The lowest BCUT2D eigenvalue weighted by molar-refractivity contribution is 0.365. The Morgan fingerprint density at radius 1 is 1.21 bits per heavy atom. The van der Waals surface area contributed by atoms with Crippen LogP contribution >= 0.6 is 11.6 Å². The van der Waals surface area contributed by atoms with E-state index in [0.29, 0.717) is 36.1 Å². The second-order valence-corrected chi connectivity index (χ2v) is 6.53. The smallest absolute Gasteiger partial charge is 0.276 e. The molecule has 0 aliphatic carbocycles. The van der Waals surface area contributed by atoms with Crippen molar-refractivity contribution in [2.75, 3.05) is 0 Å². The Balaban J connectivity index is 1.44. The third-order valence-electron chi connectivity index (χ3n) is 4.24. The van der Waals surface area contributed by atoms with Crippen LogP contribution in [0.25, 0.3) is 11.0 Å². The number of nitriles is 1. The normalized spacial score (nSPS) is 11.0. The van der Waals surface area contributed by atoms with Crippen molar-refractivity contribution in [3.63, 3.8) is 0 Å². The second-order valence-electron chi connectivity index (χ2n) is 6.09. The van der Waals surface area contributed by atoms with Gasteiger partial charge in [-0.3, -0.25) is 9.48 Å². The third-order valence-corrected chi connectivity index (χ3v) is 4.49. The fraction of sp³-hybridized carbons (Fsp3) is 0.222. The summed E-state index contributed by atoms with van der Waals surface area (Å²) in [5.41, 5.74) is 1.42. The number of hydrogen-bond acceptors (Lipinski definition) is 7. The first-order valence-corrected chi connectivity index (χ1v) is 8.92. The van der Waals surface area contributed by atoms with Crippen molar-refractivity contribution in [1.82, 2.24) is 29.9 Å². The number of aryl methyl sites for hydroxylation is 4. The summed E-state index contributed by atoms with van der Waals surface area (Å²) in [6.07, 6.45) is 3.04. The summed E-state index contributed by atoms with van der Waals surface area (Å²) >= 11 is 5.88. The van der Waals surface area contributed by atoms with E-state index in [0.717, 1.165) is 12.0 Å². The Kier molecular flexibility index (Phi) is 4.87. The van der Waals surface area contributed by atoms with Gasteiger partial charge >= 0.3 is 0 Å². The molecule has 140 valence electrons. The van der Waals surface area contributed by atoms with Gasteiger partial charge < -0.3 is 9.51 Å². The summed E-state index contributed by atoms with van der Waals surface area (Å²) < 4.78 is 6.72. The molecule has 0 radical (unpaired) electrons. The van der Waals surface area contributed by atoms with Crippen LogP contribution in [0.4, 0.5) is 0 Å². The largest absolute Gasteiger partial charge is 0.339 e. The van der Waals surface area contributed by atoms with Crippen LogP contribution in [0.15, 0.2) is 39.9 Å². The Labute approximate surface area is 163 Å². The lowest BCUT2D eigenvalue weighted by atomic mass is 10.1. The fourth-order valence-electron chi connectivity index (χ4n) is 2.86. The number of nitrogens with one attached hydrogen (secondary N) is 1. The predicted molar refractivity (Wildman–Crippen MR) is 99.7 cm³/mol. The molecule has 1 N–H and O–H groups in total. The molecule has 9 nitrogen and oxygen atoms in total.